The number of likely N-dealkylation sites (tertiary alicyclic amines) is 1. The number of carbonyl (C=O) groups is 2. The van der Waals surface area contributed by atoms with Crippen LogP contribution in [0.15, 0.2) is 18.2 Å². The van der Waals surface area contributed by atoms with Gasteiger partial charge in [0.05, 0.1) is 28.2 Å². The van der Waals surface area contributed by atoms with Crippen LogP contribution in [0.25, 0.3) is 0 Å². The molecule has 2 rings (SSSR count). The van der Waals surface area contributed by atoms with E-state index in [-0.39, 0.29) is 30.8 Å². The van der Waals surface area contributed by atoms with E-state index in [9.17, 15) is 9.59 Å². The van der Waals surface area contributed by atoms with Crippen molar-refractivity contribution < 1.29 is 14.7 Å². The van der Waals surface area contributed by atoms with E-state index in [1.54, 1.807) is 18.2 Å². The van der Waals surface area contributed by atoms with Crippen molar-refractivity contribution in [3.8, 4) is 0 Å². The third-order valence-corrected chi connectivity index (χ3v) is 4.35. The van der Waals surface area contributed by atoms with Crippen molar-refractivity contribution in [2.24, 2.45) is 5.92 Å². The fourth-order valence-electron chi connectivity index (χ4n) is 2.33. The lowest BCUT2D eigenvalue weighted by Crippen LogP contribution is -2.40. The first-order valence-corrected chi connectivity index (χ1v) is 7.42. The van der Waals surface area contributed by atoms with Crippen LogP contribution >= 0.6 is 35.6 Å². The van der Waals surface area contributed by atoms with Crippen LogP contribution in [0.1, 0.15) is 12.8 Å². The fourth-order valence-corrected chi connectivity index (χ4v) is 2.68. The Morgan fingerprint density at radius 3 is 2.50 bits per heavy atom. The largest absolute Gasteiger partial charge is 0.481 e. The zero-order valence-electron chi connectivity index (χ0n) is 11.7. The van der Waals surface area contributed by atoms with Crippen molar-refractivity contribution in [3.63, 3.8) is 0 Å². The lowest BCUT2D eigenvalue weighted by atomic mass is 9.97. The van der Waals surface area contributed by atoms with Crippen LogP contribution in [-0.2, 0) is 9.59 Å². The molecule has 1 amide bonds. The van der Waals surface area contributed by atoms with Crippen molar-refractivity contribution in [1.29, 1.82) is 0 Å². The van der Waals surface area contributed by atoms with Crippen LogP contribution in [-0.4, -0.2) is 41.5 Å². The molecular weight excluding hydrogens is 351 g/mol. The summed E-state index contributed by atoms with van der Waals surface area (Å²) in [6, 6.07) is 5.04. The average Bonchev–Trinajstić information content (AvgIpc) is 2.44. The normalized spacial score (nSPS) is 15.9. The molecule has 22 heavy (non-hydrogen) atoms. The third-order valence-electron chi connectivity index (χ3n) is 3.53. The van der Waals surface area contributed by atoms with Gasteiger partial charge in [0.2, 0.25) is 5.91 Å². The smallest absolute Gasteiger partial charge is 0.306 e. The van der Waals surface area contributed by atoms with E-state index in [0.29, 0.717) is 41.7 Å². The Kier molecular flexibility index (Phi) is 7.42. The van der Waals surface area contributed by atoms with Crippen molar-refractivity contribution in [1.82, 2.24) is 4.90 Å². The number of hydrogen-bond acceptors (Lipinski definition) is 3. The van der Waals surface area contributed by atoms with Gasteiger partial charge in [0.25, 0.3) is 0 Å². The lowest BCUT2D eigenvalue weighted by Gasteiger charge is -2.29. The van der Waals surface area contributed by atoms with Gasteiger partial charge in [-0.15, -0.1) is 12.4 Å². The Hall–Kier alpha value is -1.01. The molecule has 0 spiro atoms. The first kappa shape index (κ1) is 19.0. The van der Waals surface area contributed by atoms with Crippen LogP contribution in [0, 0.1) is 5.92 Å². The predicted molar refractivity (Wildman–Crippen MR) is 89.1 cm³/mol. The zero-order chi connectivity index (χ0) is 15.4. The van der Waals surface area contributed by atoms with E-state index in [4.69, 9.17) is 28.3 Å². The van der Waals surface area contributed by atoms with Gasteiger partial charge in [0.15, 0.2) is 0 Å². The van der Waals surface area contributed by atoms with Gasteiger partial charge in [-0.25, -0.2) is 0 Å². The lowest BCUT2D eigenvalue weighted by molar-refractivity contribution is -0.143. The standard InChI is InChI=1S/C14H16Cl2N2O3.ClH/c15-10-2-1-3-11(13(10)16)17-12(19)8-18-6-4-9(5-7-18)14(20)21;/h1-3,9H,4-8H2,(H,17,19)(H,20,21);1H. The topological polar surface area (TPSA) is 69.6 Å². The monoisotopic (exact) mass is 366 g/mol. The molecule has 8 heteroatoms. The molecule has 0 aliphatic carbocycles. The maximum atomic E-state index is 12.0. The Balaban J connectivity index is 0.00000242. The van der Waals surface area contributed by atoms with E-state index in [1.807, 2.05) is 4.90 Å². The Labute approximate surface area is 145 Å². The molecule has 0 saturated carbocycles. The van der Waals surface area contributed by atoms with Crippen molar-refractivity contribution >= 4 is 53.2 Å². The quantitative estimate of drug-likeness (QED) is 0.857. The van der Waals surface area contributed by atoms with Gasteiger partial charge in [0.1, 0.15) is 0 Å². The highest BCUT2D eigenvalue weighted by molar-refractivity contribution is 6.43. The molecule has 1 aliphatic rings. The second-order valence-electron chi connectivity index (χ2n) is 5.04. The summed E-state index contributed by atoms with van der Waals surface area (Å²) in [5, 5.41) is 12.4. The van der Waals surface area contributed by atoms with Crippen LogP contribution < -0.4 is 5.32 Å². The molecule has 1 heterocycles. The van der Waals surface area contributed by atoms with Crippen molar-refractivity contribution in [2.75, 3.05) is 25.0 Å². The number of anilines is 1. The third kappa shape index (κ3) is 5.02. The highest BCUT2D eigenvalue weighted by Crippen LogP contribution is 2.29. The molecule has 122 valence electrons. The van der Waals surface area contributed by atoms with Crippen LogP contribution in [0.2, 0.25) is 10.0 Å². The summed E-state index contributed by atoms with van der Waals surface area (Å²) < 4.78 is 0. The number of carboxylic acids is 1. The molecular formula is C14H17Cl3N2O3. The van der Waals surface area contributed by atoms with E-state index in [2.05, 4.69) is 5.32 Å². The summed E-state index contributed by atoms with van der Waals surface area (Å²) in [6.07, 6.45) is 1.14. The van der Waals surface area contributed by atoms with Gasteiger partial charge in [-0.05, 0) is 38.1 Å². The molecule has 0 atom stereocenters. The number of rotatable bonds is 4. The van der Waals surface area contributed by atoms with Gasteiger partial charge < -0.3 is 10.4 Å². The summed E-state index contributed by atoms with van der Waals surface area (Å²) in [5.74, 6) is -1.25. The Morgan fingerprint density at radius 2 is 1.91 bits per heavy atom. The second kappa shape index (κ2) is 8.58. The van der Waals surface area contributed by atoms with Gasteiger partial charge >= 0.3 is 5.97 Å². The summed E-state index contributed by atoms with van der Waals surface area (Å²) in [6.45, 7) is 1.43. The molecule has 5 nitrogen and oxygen atoms in total. The predicted octanol–water partition coefficient (Wildman–Crippen LogP) is 3.15. The SMILES string of the molecule is Cl.O=C(CN1CCC(C(=O)O)CC1)Nc1cccc(Cl)c1Cl. The maximum Gasteiger partial charge on any atom is 0.306 e. The molecule has 1 aromatic rings. The minimum absolute atomic E-state index is 0. The summed E-state index contributed by atoms with van der Waals surface area (Å²) >= 11 is 11.9. The second-order valence-corrected chi connectivity index (χ2v) is 5.82. The number of carboxylic acid groups (broad SMARTS) is 1. The van der Waals surface area contributed by atoms with Crippen LogP contribution in [0.4, 0.5) is 5.69 Å². The number of benzene rings is 1. The minimum Gasteiger partial charge on any atom is -0.481 e. The van der Waals surface area contributed by atoms with E-state index >= 15 is 0 Å². The number of amides is 1. The summed E-state index contributed by atoms with van der Waals surface area (Å²) in [5.41, 5.74) is 0.481. The fraction of sp³-hybridized carbons (Fsp3) is 0.429. The average molecular weight is 368 g/mol. The molecule has 1 aromatic carbocycles. The maximum absolute atomic E-state index is 12.0. The number of hydrogen-bond donors (Lipinski definition) is 2. The van der Waals surface area contributed by atoms with Gasteiger partial charge in [-0.3, -0.25) is 14.5 Å². The van der Waals surface area contributed by atoms with Crippen molar-refractivity contribution in [2.45, 2.75) is 12.8 Å². The molecule has 1 aliphatic heterocycles. The summed E-state index contributed by atoms with van der Waals surface area (Å²) in [7, 11) is 0. The highest BCUT2D eigenvalue weighted by atomic mass is 35.5. The molecule has 0 radical (unpaired) electrons. The number of halogens is 3. The first-order valence-electron chi connectivity index (χ1n) is 6.66. The highest BCUT2D eigenvalue weighted by Gasteiger charge is 2.25. The minimum atomic E-state index is -0.759. The van der Waals surface area contributed by atoms with Crippen LogP contribution in [0.3, 0.4) is 0 Å². The Bertz CT molecular complexity index is 546. The number of piperidine rings is 1. The molecule has 2 N–H and O–H groups in total. The van der Waals surface area contributed by atoms with Gasteiger partial charge in [-0.1, -0.05) is 29.3 Å². The number of aliphatic carboxylic acids is 1. The number of carbonyl (C=O) groups excluding carboxylic acids is 1. The van der Waals surface area contributed by atoms with Gasteiger partial charge in [0, 0.05) is 0 Å². The van der Waals surface area contributed by atoms with Crippen molar-refractivity contribution in [3.05, 3.63) is 28.2 Å². The van der Waals surface area contributed by atoms with E-state index < -0.39 is 5.97 Å². The van der Waals surface area contributed by atoms with Gasteiger partial charge in [-0.2, -0.15) is 0 Å². The van der Waals surface area contributed by atoms with Crippen LogP contribution in [0.5, 0.6) is 0 Å². The molecule has 1 saturated heterocycles. The summed E-state index contributed by atoms with van der Waals surface area (Å²) in [4.78, 5) is 24.8. The molecule has 0 bridgehead atoms. The zero-order valence-corrected chi connectivity index (χ0v) is 14.0. The van der Waals surface area contributed by atoms with E-state index in [0.717, 1.165) is 0 Å². The Morgan fingerprint density at radius 1 is 1.27 bits per heavy atom. The first-order chi connectivity index (χ1) is 9.97. The molecule has 0 unspecified atom stereocenters. The molecule has 0 aromatic heterocycles. The number of nitrogens with zero attached hydrogens (tertiary/aromatic N) is 1. The van der Waals surface area contributed by atoms with E-state index in [1.165, 1.54) is 0 Å². The number of nitrogens with one attached hydrogen (secondary N) is 1. The molecule has 1 fully saturated rings.